The molecule has 0 radical (unpaired) electrons. The number of carbonyl (C=O) groups is 1. The Balaban J connectivity index is 2.00. The molecule has 0 aromatic carbocycles. The van der Waals surface area contributed by atoms with E-state index in [4.69, 9.17) is 5.73 Å². The average Bonchev–Trinajstić information content (AvgIpc) is 2.76. The topological polar surface area (TPSA) is 83.8 Å². The maximum atomic E-state index is 12.0. The van der Waals surface area contributed by atoms with Crippen LogP contribution in [0.15, 0.2) is 6.20 Å². The first-order chi connectivity index (χ1) is 8.22. The first kappa shape index (κ1) is 12.1. The number of nitrogens with one attached hydrogen (secondary N) is 2. The monoisotopic (exact) mass is 236 g/mol. The van der Waals surface area contributed by atoms with Crippen LogP contribution in [0.1, 0.15) is 41.7 Å². The van der Waals surface area contributed by atoms with Gasteiger partial charge in [0.2, 0.25) is 0 Å². The lowest BCUT2D eigenvalue weighted by Crippen LogP contribution is -2.44. The summed E-state index contributed by atoms with van der Waals surface area (Å²) in [5, 5.41) is 9.73. The van der Waals surface area contributed by atoms with Crippen molar-refractivity contribution in [3.63, 3.8) is 0 Å². The van der Waals surface area contributed by atoms with E-state index in [0.29, 0.717) is 18.0 Å². The van der Waals surface area contributed by atoms with Crippen LogP contribution in [0.25, 0.3) is 0 Å². The molecular formula is C12H20N4O. The molecule has 4 N–H and O–H groups in total. The summed E-state index contributed by atoms with van der Waals surface area (Å²) >= 11 is 0. The van der Waals surface area contributed by atoms with E-state index in [1.54, 1.807) is 6.20 Å². The van der Waals surface area contributed by atoms with Crippen LogP contribution in [0.4, 0.5) is 0 Å². The molecule has 0 spiro atoms. The highest BCUT2D eigenvalue weighted by molar-refractivity contribution is 5.95. The van der Waals surface area contributed by atoms with Gasteiger partial charge in [-0.1, -0.05) is 12.8 Å². The lowest BCUT2D eigenvalue weighted by atomic mass is 9.84. The second-order valence-electron chi connectivity index (χ2n) is 4.77. The molecule has 94 valence electrons. The number of nitrogens with two attached hydrogens (primary N) is 1. The van der Waals surface area contributed by atoms with Gasteiger partial charge in [0.1, 0.15) is 0 Å². The summed E-state index contributed by atoms with van der Waals surface area (Å²) in [4.78, 5) is 12.0. The fraction of sp³-hybridized carbons (Fsp3) is 0.667. The summed E-state index contributed by atoms with van der Waals surface area (Å²) in [7, 11) is 0. The van der Waals surface area contributed by atoms with Gasteiger partial charge in [-0.2, -0.15) is 5.10 Å². The number of amides is 1. The number of aromatic nitrogens is 2. The van der Waals surface area contributed by atoms with Crippen LogP contribution in [0.5, 0.6) is 0 Å². The lowest BCUT2D eigenvalue weighted by molar-refractivity contribution is 0.0907. The van der Waals surface area contributed by atoms with Gasteiger partial charge >= 0.3 is 0 Å². The highest BCUT2D eigenvalue weighted by Crippen LogP contribution is 2.23. The number of aromatic amines is 1. The summed E-state index contributed by atoms with van der Waals surface area (Å²) in [6.07, 6.45) is 6.12. The van der Waals surface area contributed by atoms with E-state index in [-0.39, 0.29) is 11.9 Å². The van der Waals surface area contributed by atoms with Crippen LogP contribution in [-0.4, -0.2) is 28.7 Å². The molecular weight excluding hydrogens is 216 g/mol. The molecule has 1 amide bonds. The zero-order chi connectivity index (χ0) is 12.3. The molecule has 1 aliphatic rings. The van der Waals surface area contributed by atoms with E-state index in [0.717, 1.165) is 18.5 Å². The van der Waals surface area contributed by atoms with Crippen molar-refractivity contribution in [3.8, 4) is 0 Å². The van der Waals surface area contributed by atoms with Crippen LogP contribution in [-0.2, 0) is 0 Å². The van der Waals surface area contributed by atoms with Crippen molar-refractivity contribution in [1.82, 2.24) is 15.5 Å². The van der Waals surface area contributed by atoms with Crippen molar-refractivity contribution in [3.05, 3.63) is 17.5 Å². The molecule has 1 aromatic heterocycles. The Morgan fingerprint density at radius 1 is 1.59 bits per heavy atom. The van der Waals surface area contributed by atoms with E-state index in [1.165, 1.54) is 12.8 Å². The van der Waals surface area contributed by atoms with Crippen molar-refractivity contribution in [1.29, 1.82) is 0 Å². The van der Waals surface area contributed by atoms with Gasteiger partial charge in [0.25, 0.3) is 5.91 Å². The van der Waals surface area contributed by atoms with Gasteiger partial charge in [-0.05, 0) is 32.2 Å². The Morgan fingerprint density at radius 2 is 2.35 bits per heavy atom. The molecule has 0 aliphatic heterocycles. The Labute approximate surface area is 101 Å². The Kier molecular flexibility index (Phi) is 3.78. The van der Waals surface area contributed by atoms with Gasteiger partial charge in [0.05, 0.1) is 11.8 Å². The molecule has 2 unspecified atom stereocenters. The number of hydrogen-bond acceptors (Lipinski definition) is 3. The predicted molar refractivity (Wildman–Crippen MR) is 65.6 cm³/mol. The molecule has 5 heteroatoms. The minimum absolute atomic E-state index is 0.0402. The first-order valence-electron chi connectivity index (χ1n) is 6.23. The Hall–Kier alpha value is -1.36. The molecule has 1 aliphatic carbocycles. The van der Waals surface area contributed by atoms with Crippen LogP contribution in [0.3, 0.4) is 0 Å². The minimum atomic E-state index is -0.0402. The summed E-state index contributed by atoms with van der Waals surface area (Å²) in [5.41, 5.74) is 7.19. The van der Waals surface area contributed by atoms with Crippen molar-refractivity contribution in [2.45, 2.75) is 38.6 Å². The van der Waals surface area contributed by atoms with Gasteiger partial charge in [-0.3, -0.25) is 9.89 Å². The largest absolute Gasteiger partial charge is 0.349 e. The van der Waals surface area contributed by atoms with Crippen LogP contribution < -0.4 is 11.1 Å². The minimum Gasteiger partial charge on any atom is -0.349 e. The number of H-pyrrole nitrogens is 1. The standard InChI is InChI=1S/C12H20N4O/c1-8-10(7-14-16-8)12(17)15-11-5-3-2-4-9(11)6-13/h7,9,11H,2-6,13H2,1H3,(H,14,16)(H,15,17). The Bertz CT molecular complexity index is 388. The molecule has 1 saturated carbocycles. The predicted octanol–water partition coefficient (Wildman–Crippen LogP) is 0.965. The number of aryl methyl sites for hydroxylation is 1. The van der Waals surface area contributed by atoms with Crippen LogP contribution in [0.2, 0.25) is 0 Å². The fourth-order valence-electron chi connectivity index (χ4n) is 2.51. The third-order valence-corrected chi connectivity index (χ3v) is 3.60. The Morgan fingerprint density at radius 3 is 3.00 bits per heavy atom. The maximum Gasteiger partial charge on any atom is 0.254 e. The summed E-state index contributed by atoms with van der Waals surface area (Å²) < 4.78 is 0. The number of hydrogen-bond donors (Lipinski definition) is 3. The SMILES string of the molecule is Cc1[nH]ncc1C(=O)NC1CCCCC1CN. The van der Waals surface area contributed by atoms with Crippen molar-refractivity contribution >= 4 is 5.91 Å². The fourth-order valence-corrected chi connectivity index (χ4v) is 2.51. The van der Waals surface area contributed by atoms with Crippen molar-refractivity contribution in [2.75, 3.05) is 6.54 Å². The van der Waals surface area contributed by atoms with E-state index in [9.17, 15) is 4.79 Å². The average molecular weight is 236 g/mol. The molecule has 5 nitrogen and oxygen atoms in total. The molecule has 1 aromatic rings. The van der Waals surface area contributed by atoms with Gasteiger partial charge in [0.15, 0.2) is 0 Å². The molecule has 2 rings (SSSR count). The molecule has 1 heterocycles. The first-order valence-corrected chi connectivity index (χ1v) is 6.23. The number of carbonyl (C=O) groups excluding carboxylic acids is 1. The highest BCUT2D eigenvalue weighted by Gasteiger charge is 2.26. The molecule has 0 bridgehead atoms. The molecule has 0 saturated heterocycles. The van der Waals surface area contributed by atoms with Gasteiger partial charge in [0, 0.05) is 11.7 Å². The third-order valence-electron chi connectivity index (χ3n) is 3.60. The second kappa shape index (κ2) is 5.31. The zero-order valence-corrected chi connectivity index (χ0v) is 10.2. The van der Waals surface area contributed by atoms with E-state index >= 15 is 0 Å². The van der Waals surface area contributed by atoms with E-state index < -0.39 is 0 Å². The second-order valence-corrected chi connectivity index (χ2v) is 4.77. The lowest BCUT2D eigenvalue weighted by Gasteiger charge is -2.31. The molecule has 17 heavy (non-hydrogen) atoms. The van der Waals surface area contributed by atoms with Crippen molar-refractivity contribution in [2.24, 2.45) is 11.7 Å². The number of nitrogens with zero attached hydrogens (tertiary/aromatic N) is 1. The maximum absolute atomic E-state index is 12.0. The van der Waals surface area contributed by atoms with Crippen LogP contribution >= 0.6 is 0 Å². The van der Waals surface area contributed by atoms with Gasteiger partial charge in [-0.15, -0.1) is 0 Å². The smallest absolute Gasteiger partial charge is 0.254 e. The molecule has 1 fully saturated rings. The van der Waals surface area contributed by atoms with Gasteiger partial charge < -0.3 is 11.1 Å². The summed E-state index contributed by atoms with van der Waals surface area (Å²) in [6, 6.07) is 0.218. The quantitative estimate of drug-likeness (QED) is 0.731. The van der Waals surface area contributed by atoms with E-state index in [1.807, 2.05) is 6.92 Å². The van der Waals surface area contributed by atoms with E-state index in [2.05, 4.69) is 15.5 Å². The zero-order valence-electron chi connectivity index (χ0n) is 10.2. The third kappa shape index (κ3) is 2.66. The molecule has 2 atom stereocenters. The van der Waals surface area contributed by atoms with Crippen LogP contribution in [0, 0.1) is 12.8 Å². The summed E-state index contributed by atoms with van der Waals surface area (Å²) in [5.74, 6) is 0.376. The highest BCUT2D eigenvalue weighted by atomic mass is 16.1. The van der Waals surface area contributed by atoms with Gasteiger partial charge in [-0.25, -0.2) is 0 Å². The number of rotatable bonds is 3. The summed E-state index contributed by atoms with van der Waals surface area (Å²) in [6.45, 7) is 2.50. The normalized spacial score (nSPS) is 24.6. The van der Waals surface area contributed by atoms with Crippen molar-refractivity contribution < 1.29 is 4.79 Å².